The van der Waals surface area contributed by atoms with Gasteiger partial charge in [0.2, 0.25) is 0 Å². The van der Waals surface area contributed by atoms with Crippen LogP contribution in [0.4, 0.5) is 0 Å². The Morgan fingerprint density at radius 3 is 2.30 bits per heavy atom. The van der Waals surface area contributed by atoms with Crippen molar-refractivity contribution in [3.63, 3.8) is 0 Å². The Balaban J connectivity index is 2.29. The van der Waals surface area contributed by atoms with Gasteiger partial charge in [-0.1, -0.05) is 48.8 Å². The van der Waals surface area contributed by atoms with E-state index in [-0.39, 0.29) is 0 Å². The zero-order chi connectivity index (χ0) is 14.8. The average Bonchev–Trinajstić information content (AvgIpc) is 2.36. The fraction of sp³-hybridized carbons (Fsp3) is 0.700. The van der Waals surface area contributed by atoms with Crippen molar-refractivity contribution in [1.82, 2.24) is 0 Å². The Labute approximate surface area is 126 Å². The van der Waals surface area contributed by atoms with Crippen LogP contribution in [0.2, 0.25) is 0 Å². The molecule has 0 aliphatic heterocycles. The van der Waals surface area contributed by atoms with Crippen molar-refractivity contribution in [2.45, 2.75) is 73.1 Å². The van der Waals surface area contributed by atoms with Crippen LogP contribution in [0.25, 0.3) is 0 Å². The molecule has 0 saturated heterocycles. The predicted octanol–water partition coefficient (Wildman–Crippen LogP) is 6.45. The molecule has 0 aromatic heterocycles. The van der Waals surface area contributed by atoms with E-state index in [1.54, 1.807) is 16.7 Å². The maximum atomic E-state index is 2.52. The van der Waals surface area contributed by atoms with Gasteiger partial charge < -0.3 is 0 Å². The van der Waals surface area contributed by atoms with Crippen molar-refractivity contribution in [3.8, 4) is 0 Å². The first-order valence-corrected chi connectivity index (χ1v) is 8.39. The third-order valence-electron chi connectivity index (χ3n) is 5.83. The van der Waals surface area contributed by atoms with E-state index in [2.05, 4.69) is 52.8 Å². The van der Waals surface area contributed by atoms with Gasteiger partial charge in [0.25, 0.3) is 0 Å². The van der Waals surface area contributed by atoms with Crippen LogP contribution in [0, 0.1) is 17.3 Å². The SMILES string of the molecule is CC1=CC[C@H]2C/C=C(\C)CC/C=C(\C)CC[C@H]1C2(C)C. The van der Waals surface area contributed by atoms with Crippen LogP contribution in [0.15, 0.2) is 34.9 Å². The minimum atomic E-state index is 0.440. The maximum absolute atomic E-state index is 2.52. The number of rotatable bonds is 0. The van der Waals surface area contributed by atoms with Gasteiger partial charge in [0, 0.05) is 0 Å². The van der Waals surface area contributed by atoms with Gasteiger partial charge in [0.1, 0.15) is 0 Å². The van der Waals surface area contributed by atoms with Gasteiger partial charge in [-0.25, -0.2) is 0 Å². The molecule has 20 heavy (non-hydrogen) atoms. The van der Waals surface area contributed by atoms with Gasteiger partial charge in [-0.2, -0.15) is 0 Å². The zero-order valence-corrected chi connectivity index (χ0v) is 14.1. The molecule has 0 fully saturated rings. The van der Waals surface area contributed by atoms with E-state index >= 15 is 0 Å². The monoisotopic (exact) mass is 272 g/mol. The van der Waals surface area contributed by atoms with Crippen LogP contribution in [0.3, 0.4) is 0 Å². The molecule has 0 aromatic rings. The lowest BCUT2D eigenvalue weighted by atomic mass is 9.60. The molecule has 0 unspecified atom stereocenters. The fourth-order valence-corrected chi connectivity index (χ4v) is 4.11. The van der Waals surface area contributed by atoms with Crippen molar-refractivity contribution in [3.05, 3.63) is 34.9 Å². The lowest BCUT2D eigenvalue weighted by Crippen LogP contribution is -2.36. The van der Waals surface area contributed by atoms with Crippen molar-refractivity contribution in [2.24, 2.45) is 17.3 Å². The van der Waals surface area contributed by atoms with Crippen molar-refractivity contribution < 1.29 is 0 Å². The number of hydrogen-bond donors (Lipinski definition) is 0. The van der Waals surface area contributed by atoms with E-state index in [1.807, 2.05) is 0 Å². The topological polar surface area (TPSA) is 0 Å². The Bertz CT molecular complexity index is 431. The molecule has 2 aliphatic carbocycles. The second kappa shape index (κ2) is 6.33. The quantitative estimate of drug-likeness (QED) is 0.444. The summed E-state index contributed by atoms with van der Waals surface area (Å²) in [5.41, 5.74) is 5.24. The number of hydrogen-bond acceptors (Lipinski definition) is 0. The van der Waals surface area contributed by atoms with Gasteiger partial charge in [0.15, 0.2) is 0 Å². The van der Waals surface area contributed by atoms with Crippen molar-refractivity contribution in [1.29, 1.82) is 0 Å². The Morgan fingerprint density at radius 1 is 0.900 bits per heavy atom. The van der Waals surface area contributed by atoms with E-state index in [0.717, 1.165) is 11.8 Å². The Kier molecular flexibility index (Phi) is 4.94. The van der Waals surface area contributed by atoms with E-state index in [4.69, 9.17) is 0 Å². The smallest absolute Gasteiger partial charge is 0.0149 e. The fourth-order valence-electron chi connectivity index (χ4n) is 4.11. The summed E-state index contributed by atoms with van der Waals surface area (Å²) in [6, 6.07) is 0. The minimum Gasteiger partial charge on any atom is -0.0853 e. The van der Waals surface area contributed by atoms with Crippen molar-refractivity contribution >= 4 is 0 Å². The first-order chi connectivity index (χ1) is 9.41. The van der Waals surface area contributed by atoms with E-state index in [1.165, 1.54) is 38.5 Å². The molecule has 0 heteroatoms. The normalized spacial score (nSPS) is 36.5. The zero-order valence-electron chi connectivity index (χ0n) is 14.1. The molecule has 0 radical (unpaired) electrons. The largest absolute Gasteiger partial charge is 0.0853 e. The standard InChI is InChI=1S/C20H32/c1-15-7-6-8-16(2)10-14-19-17(3)11-13-18(12-9-15)20(19,4)5/h8-9,11,18-19H,6-7,10,12-14H2,1-5H3/b15-9+,16-8+/t18-,19-/m1/s1. The second-order valence-corrected chi connectivity index (χ2v) is 7.67. The third kappa shape index (κ3) is 3.45. The van der Waals surface area contributed by atoms with Crippen molar-refractivity contribution in [2.75, 3.05) is 0 Å². The molecule has 2 atom stereocenters. The van der Waals surface area contributed by atoms with E-state index in [9.17, 15) is 0 Å². The highest BCUT2D eigenvalue weighted by molar-refractivity contribution is 5.17. The molecule has 0 spiro atoms. The van der Waals surface area contributed by atoms with Crippen LogP contribution in [-0.4, -0.2) is 0 Å². The summed E-state index contributed by atoms with van der Waals surface area (Å²) in [5.74, 6) is 1.58. The summed E-state index contributed by atoms with van der Waals surface area (Å²) >= 11 is 0. The summed E-state index contributed by atoms with van der Waals surface area (Å²) < 4.78 is 0. The first-order valence-electron chi connectivity index (χ1n) is 8.39. The molecule has 0 nitrogen and oxygen atoms in total. The highest BCUT2D eigenvalue weighted by Gasteiger charge is 2.39. The molecule has 0 saturated carbocycles. The van der Waals surface area contributed by atoms with E-state index in [0.29, 0.717) is 5.41 Å². The Hall–Kier alpha value is -0.780. The molecular formula is C20H32. The molecule has 0 aromatic carbocycles. The van der Waals surface area contributed by atoms with Crippen LogP contribution in [0.5, 0.6) is 0 Å². The first kappa shape index (κ1) is 15.6. The molecular weight excluding hydrogens is 240 g/mol. The Morgan fingerprint density at radius 2 is 1.55 bits per heavy atom. The summed E-state index contributed by atoms with van der Waals surface area (Å²) in [5, 5.41) is 0. The molecule has 2 aliphatic rings. The van der Waals surface area contributed by atoms with E-state index < -0.39 is 0 Å². The second-order valence-electron chi connectivity index (χ2n) is 7.67. The maximum Gasteiger partial charge on any atom is -0.0149 e. The minimum absolute atomic E-state index is 0.440. The predicted molar refractivity (Wildman–Crippen MR) is 89.7 cm³/mol. The van der Waals surface area contributed by atoms with Crippen LogP contribution in [0.1, 0.15) is 73.1 Å². The van der Waals surface area contributed by atoms with Gasteiger partial charge in [0.05, 0.1) is 0 Å². The third-order valence-corrected chi connectivity index (χ3v) is 5.83. The highest BCUT2D eigenvalue weighted by Crippen LogP contribution is 2.49. The molecule has 0 heterocycles. The van der Waals surface area contributed by atoms with Gasteiger partial charge in [-0.15, -0.1) is 0 Å². The molecule has 0 N–H and O–H groups in total. The lowest BCUT2D eigenvalue weighted by molar-refractivity contribution is 0.119. The summed E-state index contributed by atoms with van der Waals surface area (Å²) in [4.78, 5) is 0. The highest BCUT2D eigenvalue weighted by atomic mass is 14.4. The van der Waals surface area contributed by atoms with Gasteiger partial charge in [-0.3, -0.25) is 0 Å². The van der Waals surface area contributed by atoms with Crippen LogP contribution in [-0.2, 0) is 0 Å². The number of fused-ring (bicyclic) bond motifs is 2. The number of allylic oxidation sites excluding steroid dienone is 6. The molecule has 112 valence electrons. The van der Waals surface area contributed by atoms with Crippen LogP contribution >= 0.6 is 0 Å². The van der Waals surface area contributed by atoms with Gasteiger partial charge in [-0.05, 0) is 76.5 Å². The molecule has 2 rings (SSSR count). The molecule has 0 amide bonds. The van der Waals surface area contributed by atoms with Crippen LogP contribution < -0.4 is 0 Å². The lowest BCUT2D eigenvalue weighted by Gasteiger charge is -2.45. The summed E-state index contributed by atoms with van der Waals surface area (Å²) in [6.45, 7) is 12.0. The summed E-state index contributed by atoms with van der Waals surface area (Å²) in [6.07, 6.45) is 15.1. The molecule has 2 bridgehead atoms. The average molecular weight is 272 g/mol. The van der Waals surface area contributed by atoms with Gasteiger partial charge >= 0.3 is 0 Å². The summed E-state index contributed by atoms with van der Waals surface area (Å²) in [7, 11) is 0.